The van der Waals surface area contributed by atoms with Gasteiger partial charge in [-0.1, -0.05) is 6.07 Å². The topological polar surface area (TPSA) is 24.9 Å². The van der Waals surface area contributed by atoms with Crippen molar-refractivity contribution >= 4 is 0 Å². The van der Waals surface area contributed by atoms with Crippen LogP contribution < -0.4 is 9.47 Å². The standard InChI is InChI=1S/C14H24N2O2/c1-15(2)8-9-16(3)11-12-6-7-13(17-4)14(10-12)18-5/h6-7,10H,8-9,11H2,1-5H3. The maximum absolute atomic E-state index is 5.30. The fourth-order valence-corrected chi connectivity index (χ4v) is 1.74. The third-order valence-electron chi connectivity index (χ3n) is 2.83. The molecule has 0 bridgehead atoms. The highest BCUT2D eigenvalue weighted by atomic mass is 16.5. The van der Waals surface area contributed by atoms with E-state index in [0.29, 0.717) is 0 Å². The fraction of sp³-hybridized carbons (Fsp3) is 0.571. The van der Waals surface area contributed by atoms with Crippen molar-refractivity contribution < 1.29 is 9.47 Å². The lowest BCUT2D eigenvalue weighted by Crippen LogP contribution is -2.28. The molecule has 0 heterocycles. The summed E-state index contributed by atoms with van der Waals surface area (Å²) in [6.45, 7) is 3.01. The van der Waals surface area contributed by atoms with Crippen molar-refractivity contribution in [1.29, 1.82) is 0 Å². The number of ether oxygens (including phenoxy) is 2. The molecule has 0 spiro atoms. The lowest BCUT2D eigenvalue weighted by molar-refractivity contribution is 0.275. The zero-order chi connectivity index (χ0) is 13.5. The predicted molar refractivity (Wildman–Crippen MR) is 74.4 cm³/mol. The van der Waals surface area contributed by atoms with Gasteiger partial charge in [-0.15, -0.1) is 0 Å². The van der Waals surface area contributed by atoms with E-state index in [2.05, 4.69) is 37.0 Å². The summed E-state index contributed by atoms with van der Waals surface area (Å²) in [6, 6.07) is 6.06. The van der Waals surface area contributed by atoms with Gasteiger partial charge < -0.3 is 19.3 Å². The van der Waals surface area contributed by atoms with Crippen LogP contribution in [0.1, 0.15) is 5.56 Å². The Bertz CT molecular complexity index is 367. The molecule has 0 aliphatic rings. The van der Waals surface area contributed by atoms with Crippen molar-refractivity contribution in [3.8, 4) is 11.5 Å². The van der Waals surface area contributed by atoms with E-state index in [1.165, 1.54) is 5.56 Å². The van der Waals surface area contributed by atoms with Gasteiger partial charge in [0.1, 0.15) is 0 Å². The molecule has 0 atom stereocenters. The molecular formula is C14H24N2O2. The van der Waals surface area contributed by atoms with Crippen molar-refractivity contribution in [2.45, 2.75) is 6.54 Å². The lowest BCUT2D eigenvalue weighted by Gasteiger charge is -2.20. The number of benzene rings is 1. The van der Waals surface area contributed by atoms with E-state index in [4.69, 9.17) is 9.47 Å². The Morgan fingerprint density at radius 1 is 0.944 bits per heavy atom. The minimum absolute atomic E-state index is 0.775. The van der Waals surface area contributed by atoms with Crippen LogP contribution in [-0.2, 0) is 6.54 Å². The molecule has 0 radical (unpaired) electrons. The Kier molecular flexibility index (Phi) is 5.95. The largest absolute Gasteiger partial charge is 0.493 e. The molecule has 0 amide bonds. The second-order valence-electron chi connectivity index (χ2n) is 4.73. The van der Waals surface area contributed by atoms with Crippen LogP contribution in [0.15, 0.2) is 18.2 Å². The first-order valence-corrected chi connectivity index (χ1v) is 6.11. The second kappa shape index (κ2) is 7.24. The van der Waals surface area contributed by atoms with Gasteiger partial charge in [-0.05, 0) is 38.8 Å². The van der Waals surface area contributed by atoms with E-state index in [9.17, 15) is 0 Å². The van der Waals surface area contributed by atoms with Gasteiger partial charge in [0.15, 0.2) is 11.5 Å². The molecule has 1 rings (SSSR count). The van der Waals surface area contributed by atoms with Gasteiger partial charge in [-0.2, -0.15) is 0 Å². The van der Waals surface area contributed by atoms with E-state index >= 15 is 0 Å². The number of rotatable bonds is 7. The summed E-state index contributed by atoms with van der Waals surface area (Å²) in [6.07, 6.45) is 0. The molecule has 0 saturated heterocycles. The monoisotopic (exact) mass is 252 g/mol. The van der Waals surface area contributed by atoms with Crippen molar-refractivity contribution in [3.63, 3.8) is 0 Å². The van der Waals surface area contributed by atoms with Gasteiger partial charge in [0.25, 0.3) is 0 Å². The van der Waals surface area contributed by atoms with E-state index < -0.39 is 0 Å². The maximum atomic E-state index is 5.30. The molecule has 102 valence electrons. The Hall–Kier alpha value is -1.26. The summed E-state index contributed by atoms with van der Waals surface area (Å²) in [5, 5.41) is 0. The van der Waals surface area contributed by atoms with Crippen LogP contribution >= 0.6 is 0 Å². The van der Waals surface area contributed by atoms with Crippen LogP contribution in [0.5, 0.6) is 11.5 Å². The Morgan fingerprint density at radius 3 is 2.17 bits per heavy atom. The fourth-order valence-electron chi connectivity index (χ4n) is 1.74. The number of likely N-dealkylation sites (N-methyl/N-ethyl adjacent to an activating group) is 2. The van der Waals surface area contributed by atoms with E-state index in [-0.39, 0.29) is 0 Å². The molecule has 1 aromatic rings. The molecule has 0 N–H and O–H groups in total. The van der Waals surface area contributed by atoms with Gasteiger partial charge in [0.2, 0.25) is 0 Å². The highest BCUT2D eigenvalue weighted by Crippen LogP contribution is 2.27. The average Bonchev–Trinajstić information content (AvgIpc) is 2.36. The third-order valence-corrected chi connectivity index (χ3v) is 2.83. The maximum Gasteiger partial charge on any atom is 0.161 e. The van der Waals surface area contributed by atoms with Gasteiger partial charge in [-0.25, -0.2) is 0 Å². The smallest absolute Gasteiger partial charge is 0.161 e. The van der Waals surface area contributed by atoms with Gasteiger partial charge >= 0.3 is 0 Å². The normalized spacial score (nSPS) is 11.1. The quantitative estimate of drug-likeness (QED) is 0.737. The molecule has 0 fully saturated rings. The summed E-state index contributed by atoms with van der Waals surface area (Å²) in [7, 11) is 9.62. The molecule has 0 aromatic heterocycles. The highest BCUT2D eigenvalue weighted by molar-refractivity contribution is 5.42. The summed E-state index contributed by atoms with van der Waals surface area (Å²) >= 11 is 0. The molecule has 0 unspecified atom stereocenters. The van der Waals surface area contributed by atoms with Crippen LogP contribution in [0.4, 0.5) is 0 Å². The van der Waals surface area contributed by atoms with E-state index in [0.717, 1.165) is 31.1 Å². The average molecular weight is 252 g/mol. The SMILES string of the molecule is COc1ccc(CN(C)CCN(C)C)cc1OC. The molecule has 4 nitrogen and oxygen atoms in total. The molecule has 4 heteroatoms. The molecule has 18 heavy (non-hydrogen) atoms. The first-order chi connectivity index (χ1) is 8.56. The van der Waals surface area contributed by atoms with Crippen LogP contribution in [0.25, 0.3) is 0 Å². The Labute approximate surface area is 110 Å². The van der Waals surface area contributed by atoms with Crippen molar-refractivity contribution in [3.05, 3.63) is 23.8 Å². The Morgan fingerprint density at radius 2 is 1.61 bits per heavy atom. The van der Waals surface area contributed by atoms with Crippen molar-refractivity contribution in [1.82, 2.24) is 9.80 Å². The van der Waals surface area contributed by atoms with Crippen LogP contribution in [0.3, 0.4) is 0 Å². The highest BCUT2D eigenvalue weighted by Gasteiger charge is 2.06. The predicted octanol–water partition coefficient (Wildman–Crippen LogP) is 1.70. The molecule has 0 aliphatic carbocycles. The summed E-state index contributed by atoms with van der Waals surface area (Å²) in [5.41, 5.74) is 1.23. The summed E-state index contributed by atoms with van der Waals surface area (Å²) < 4.78 is 10.5. The van der Waals surface area contributed by atoms with Crippen LogP contribution in [0, 0.1) is 0 Å². The third kappa shape index (κ3) is 4.55. The molecule has 0 aliphatic heterocycles. The number of hydrogen-bond donors (Lipinski definition) is 0. The molecule has 1 aromatic carbocycles. The lowest BCUT2D eigenvalue weighted by atomic mass is 10.2. The second-order valence-corrected chi connectivity index (χ2v) is 4.73. The first-order valence-electron chi connectivity index (χ1n) is 6.11. The van der Waals surface area contributed by atoms with Gasteiger partial charge in [-0.3, -0.25) is 0 Å². The minimum Gasteiger partial charge on any atom is -0.493 e. The number of hydrogen-bond acceptors (Lipinski definition) is 4. The summed E-state index contributed by atoms with van der Waals surface area (Å²) in [4.78, 5) is 4.48. The zero-order valence-electron chi connectivity index (χ0n) is 12.1. The number of methoxy groups -OCH3 is 2. The van der Waals surface area contributed by atoms with E-state index in [1.54, 1.807) is 14.2 Å². The van der Waals surface area contributed by atoms with Crippen LogP contribution in [-0.4, -0.2) is 58.3 Å². The number of nitrogens with zero attached hydrogens (tertiary/aromatic N) is 2. The molecular weight excluding hydrogens is 228 g/mol. The zero-order valence-corrected chi connectivity index (χ0v) is 12.1. The Balaban J connectivity index is 2.61. The van der Waals surface area contributed by atoms with E-state index in [1.807, 2.05) is 12.1 Å². The van der Waals surface area contributed by atoms with Gasteiger partial charge in [0.05, 0.1) is 14.2 Å². The molecule has 0 saturated carbocycles. The van der Waals surface area contributed by atoms with Crippen molar-refractivity contribution in [2.24, 2.45) is 0 Å². The van der Waals surface area contributed by atoms with Crippen molar-refractivity contribution in [2.75, 3.05) is 48.5 Å². The first kappa shape index (κ1) is 14.8. The van der Waals surface area contributed by atoms with Crippen LogP contribution in [0.2, 0.25) is 0 Å². The summed E-state index contributed by atoms with van der Waals surface area (Å²) in [5.74, 6) is 1.56. The van der Waals surface area contributed by atoms with Gasteiger partial charge in [0, 0.05) is 19.6 Å². The minimum atomic E-state index is 0.775.